The molecule has 0 radical (unpaired) electrons. The minimum atomic E-state index is -0.669. The molecule has 1 aliphatic carbocycles. The van der Waals surface area contributed by atoms with E-state index >= 15 is 0 Å². The number of ether oxygens (including phenoxy) is 1. The average molecular weight is 746 g/mol. The van der Waals surface area contributed by atoms with E-state index in [1.165, 1.54) is 55.4 Å². The Kier molecular flexibility index (Phi) is 7.15. The number of hydrogen-bond donors (Lipinski definition) is 1. The van der Waals surface area contributed by atoms with Crippen molar-refractivity contribution in [3.8, 4) is 17.2 Å². The summed E-state index contributed by atoms with van der Waals surface area (Å²) in [4.78, 5) is 2.53. The van der Waals surface area contributed by atoms with Gasteiger partial charge in [-0.15, -0.1) is 0 Å². The molecule has 4 nitrogen and oxygen atoms in total. The highest BCUT2D eigenvalue weighted by Gasteiger charge is 2.52. The second-order valence-electron chi connectivity index (χ2n) is 15.8. The highest BCUT2D eigenvalue weighted by atomic mass is 16.5. The number of nitrogens with zero attached hydrogens (tertiary/aromatic N) is 2. The molecule has 1 spiro atoms. The predicted molar refractivity (Wildman–Crippen MR) is 237 cm³/mol. The number of nitrogens with two attached hydrogens (primary N) is 1. The Bertz CT molecular complexity index is 3100. The predicted octanol–water partition coefficient (Wildman–Crippen LogP) is 12.1. The summed E-state index contributed by atoms with van der Waals surface area (Å²) in [5.74, 6) is 1.91. The summed E-state index contributed by atoms with van der Waals surface area (Å²) >= 11 is 0. The summed E-state index contributed by atoms with van der Waals surface area (Å²) in [5, 5.41) is 2.51. The van der Waals surface area contributed by atoms with Crippen LogP contribution in [-0.2, 0) is 11.8 Å². The lowest BCUT2D eigenvalue weighted by molar-refractivity contribution is 0.433. The van der Waals surface area contributed by atoms with Gasteiger partial charge in [-0.2, -0.15) is 0 Å². The molecule has 4 heterocycles. The van der Waals surface area contributed by atoms with Crippen molar-refractivity contribution in [2.75, 3.05) is 4.90 Å². The minimum Gasteiger partial charge on any atom is -0.457 e. The lowest BCUT2D eigenvalue weighted by Crippen LogP contribution is -2.38. The first-order chi connectivity index (χ1) is 28.7. The van der Waals surface area contributed by atoms with Crippen LogP contribution in [0.2, 0.25) is 0 Å². The molecule has 0 amide bonds. The highest BCUT2D eigenvalue weighted by Crippen LogP contribution is 2.62. The van der Waals surface area contributed by atoms with Crippen LogP contribution >= 0.6 is 0 Å². The smallest absolute Gasteiger partial charge is 0.132 e. The maximum atomic E-state index is 7.08. The summed E-state index contributed by atoms with van der Waals surface area (Å²) in [6, 6.07) is 59.2. The van der Waals surface area contributed by atoms with Gasteiger partial charge in [0.15, 0.2) is 0 Å². The van der Waals surface area contributed by atoms with E-state index in [0.29, 0.717) is 0 Å². The van der Waals surface area contributed by atoms with Gasteiger partial charge < -0.3 is 19.9 Å². The second kappa shape index (κ2) is 12.6. The Morgan fingerprint density at radius 1 is 0.621 bits per heavy atom. The van der Waals surface area contributed by atoms with Crippen molar-refractivity contribution < 1.29 is 4.74 Å². The quantitative estimate of drug-likeness (QED) is 0.178. The van der Waals surface area contributed by atoms with Crippen LogP contribution in [0.5, 0.6) is 11.5 Å². The first kappa shape index (κ1) is 32.9. The van der Waals surface area contributed by atoms with E-state index < -0.39 is 5.41 Å². The van der Waals surface area contributed by atoms with Gasteiger partial charge in [-0.1, -0.05) is 164 Å². The fourth-order valence-electron chi connectivity index (χ4n) is 10.4. The highest BCUT2D eigenvalue weighted by molar-refractivity contribution is 6.12. The molecule has 7 aromatic carbocycles. The third kappa shape index (κ3) is 4.57. The third-order valence-electron chi connectivity index (χ3n) is 12.8. The van der Waals surface area contributed by atoms with Crippen molar-refractivity contribution in [3.63, 3.8) is 0 Å². The van der Waals surface area contributed by atoms with Crippen LogP contribution in [-0.4, -0.2) is 10.6 Å². The molecule has 3 atom stereocenters. The van der Waals surface area contributed by atoms with E-state index in [1.54, 1.807) is 0 Å². The second-order valence-corrected chi connectivity index (χ2v) is 15.8. The Morgan fingerprint density at radius 2 is 1.33 bits per heavy atom. The normalized spacial score (nSPS) is 19.8. The van der Waals surface area contributed by atoms with Crippen molar-refractivity contribution in [1.82, 2.24) is 4.57 Å². The van der Waals surface area contributed by atoms with Crippen LogP contribution in [0.4, 0.5) is 5.69 Å². The van der Waals surface area contributed by atoms with Gasteiger partial charge in [0, 0.05) is 44.9 Å². The number of anilines is 1. The zero-order chi connectivity index (χ0) is 38.4. The standard InChI is InChI=1S/C54H39N3O/c55-46(36-18-5-2-6-19-36)32-37(31-30-35-16-3-1-4-17-35)56-47-26-11-8-21-39(47)41-33-52-45(34-50(41)56)54(43-24-10-14-29-51(43)58-52)42-23-9-13-28-49(42)57-48-27-12-7-20-38(48)40-22-15-25-44(54)53(40)57/h1-29,31-34,39,47H,30,55H2/b37-31+,46-32-. The molecule has 1 aromatic heterocycles. The molecule has 4 heteroatoms. The van der Waals surface area contributed by atoms with Crippen LogP contribution in [0.15, 0.2) is 206 Å². The van der Waals surface area contributed by atoms with E-state index in [9.17, 15) is 0 Å². The lowest BCUT2D eigenvalue weighted by atomic mass is 9.61. The summed E-state index contributed by atoms with van der Waals surface area (Å²) in [7, 11) is 0. The number of rotatable bonds is 5. The molecule has 2 N–H and O–H groups in total. The zero-order valence-corrected chi connectivity index (χ0v) is 31.8. The van der Waals surface area contributed by atoms with E-state index in [-0.39, 0.29) is 12.0 Å². The number of aromatic nitrogens is 1. The Hall–Kier alpha value is -7.30. The van der Waals surface area contributed by atoms with Gasteiger partial charge in [0.1, 0.15) is 11.5 Å². The monoisotopic (exact) mass is 745 g/mol. The summed E-state index contributed by atoms with van der Waals surface area (Å²) in [5.41, 5.74) is 21.2. The van der Waals surface area contributed by atoms with Crippen molar-refractivity contribution in [3.05, 3.63) is 245 Å². The van der Waals surface area contributed by atoms with Crippen molar-refractivity contribution in [2.24, 2.45) is 5.73 Å². The van der Waals surface area contributed by atoms with Gasteiger partial charge in [0.25, 0.3) is 0 Å². The van der Waals surface area contributed by atoms with Gasteiger partial charge in [-0.05, 0) is 70.6 Å². The SMILES string of the molecule is N/C(=C\C(=C/Cc1ccccc1)N1c2cc3c(cc2C2C=CC=CC21)Oc1ccccc1C31c2ccccc2-n2c3ccccc3c3cccc1c32)c1ccccc1. The number of fused-ring (bicyclic) bond motifs is 14. The van der Waals surface area contributed by atoms with Crippen molar-refractivity contribution in [1.29, 1.82) is 0 Å². The van der Waals surface area contributed by atoms with Crippen molar-refractivity contribution in [2.45, 2.75) is 23.8 Å². The van der Waals surface area contributed by atoms with E-state index in [4.69, 9.17) is 10.5 Å². The zero-order valence-electron chi connectivity index (χ0n) is 31.8. The van der Waals surface area contributed by atoms with Crippen LogP contribution in [0.3, 0.4) is 0 Å². The number of hydrogen-bond acceptors (Lipinski definition) is 3. The molecule has 58 heavy (non-hydrogen) atoms. The van der Waals surface area contributed by atoms with E-state index in [0.717, 1.165) is 46.0 Å². The van der Waals surface area contributed by atoms with Gasteiger partial charge in [0.2, 0.25) is 0 Å². The summed E-state index contributed by atoms with van der Waals surface area (Å²) < 4.78 is 9.57. The van der Waals surface area contributed by atoms with Gasteiger partial charge in [-0.3, -0.25) is 0 Å². The molecule has 4 aliphatic rings. The maximum absolute atomic E-state index is 7.08. The molecule has 0 saturated heterocycles. The molecule has 0 saturated carbocycles. The van der Waals surface area contributed by atoms with Crippen molar-refractivity contribution >= 4 is 33.2 Å². The van der Waals surface area contributed by atoms with Crippen LogP contribution in [0, 0.1) is 0 Å². The number of allylic oxidation sites excluding steroid dienone is 4. The van der Waals surface area contributed by atoms with Crippen LogP contribution in [0.1, 0.15) is 44.9 Å². The third-order valence-corrected chi connectivity index (χ3v) is 12.8. The largest absolute Gasteiger partial charge is 0.457 e. The lowest BCUT2D eigenvalue weighted by Gasteiger charge is -2.45. The maximum Gasteiger partial charge on any atom is 0.132 e. The molecule has 12 rings (SSSR count). The van der Waals surface area contributed by atoms with Crippen LogP contribution < -0.4 is 15.4 Å². The average Bonchev–Trinajstić information content (AvgIpc) is 3.79. The van der Waals surface area contributed by atoms with Gasteiger partial charge in [0.05, 0.1) is 28.2 Å². The summed E-state index contributed by atoms with van der Waals surface area (Å²) in [6.07, 6.45) is 14.3. The fraction of sp³-hybridized carbons (Fsp3) is 0.0741. The first-order valence-corrected chi connectivity index (χ1v) is 20.2. The molecule has 0 bridgehead atoms. The fourth-order valence-corrected chi connectivity index (χ4v) is 10.4. The molecular formula is C54H39N3O. The molecule has 3 unspecified atom stereocenters. The Balaban J connectivity index is 1.16. The Morgan fingerprint density at radius 3 is 2.21 bits per heavy atom. The van der Waals surface area contributed by atoms with E-state index in [2.05, 4.69) is 192 Å². The molecule has 3 aliphatic heterocycles. The molecule has 276 valence electrons. The van der Waals surface area contributed by atoms with Gasteiger partial charge in [-0.25, -0.2) is 0 Å². The first-order valence-electron chi connectivity index (χ1n) is 20.2. The molecule has 8 aromatic rings. The number of para-hydroxylation sites is 4. The van der Waals surface area contributed by atoms with E-state index in [1.807, 2.05) is 18.2 Å². The summed E-state index contributed by atoms with van der Waals surface area (Å²) in [6.45, 7) is 0. The van der Waals surface area contributed by atoms with Gasteiger partial charge >= 0.3 is 0 Å². The topological polar surface area (TPSA) is 43.4 Å². The minimum absolute atomic E-state index is 0.0497. The molecular weight excluding hydrogens is 707 g/mol. The number of benzene rings is 7. The molecule has 0 fully saturated rings. The van der Waals surface area contributed by atoms with Crippen LogP contribution in [0.25, 0.3) is 33.2 Å². The Labute approximate surface area is 337 Å².